The van der Waals surface area contributed by atoms with E-state index in [0.717, 1.165) is 18.4 Å². The lowest BCUT2D eigenvalue weighted by Crippen LogP contribution is -2.66. The summed E-state index contributed by atoms with van der Waals surface area (Å²) >= 11 is 0. The van der Waals surface area contributed by atoms with Crippen LogP contribution in [0.5, 0.6) is 0 Å². The molecule has 4 rings (SSSR count). The van der Waals surface area contributed by atoms with Gasteiger partial charge in [0.05, 0.1) is 12.6 Å². The molecule has 23 heavy (non-hydrogen) atoms. The Morgan fingerprint density at radius 3 is 2.65 bits per heavy atom. The fourth-order valence-electron chi connectivity index (χ4n) is 3.27. The summed E-state index contributed by atoms with van der Waals surface area (Å²) in [6.07, 6.45) is -0.170. The van der Waals surface area contributed by atoms with E-state index in [-0.39, 0.29) is 12.1 Å². The molecule has 6 atom stereocenters. The summed E-state index contributed by atoms with van der Waals surface area (Å²) in [5.41, 5.74) is 0.943. The molecule has 1 aliphatic carbocycles. The molecule has 3 aliphatic rings. The molecule has 1 aromatic carbocycles. The zero-order valence-electron chi connectivity index (χ0n) is 13.1. The first-order valence-corrected chi connectivity index (χ1v) is 8.20. The fraction of sp³-hybridized carbons (Fsp3) is 0.647. The first-order chi connectivity index (χ1) is 11.3. The third-order valence-electron chi connectivity index (χ3n) is 4.68. The Kier molecular flexibility index (Phi) is 4.36. The van der Waals surface area contributed by atoms with Gasteiger partial charge in [-0.1, -0.05) is 30.3 Å². The maximum absolute atomic E-state index is 10.8. The summed E-state index contributed by atoms with van der Waals surface area (Å²) < 4.78 is 23.1. The van der Waals surface area contributed by atoms with E-state index in [1.807, 2.05) is 30.3 Å². The second-order valence-electron chi connectivity index (χ2n) is 6.41. The van der Waals surface area contributed by atoms with Crippen molar-refractivity contribution >= 4 is 0 Å². The molecule has 2 heterocycles. The normalized spacial score (nSPS) is 40.6. The number of aliphatic hydroxyl groups is 1. The van der Waals surface area contributed by atoms with Crippen molar-refractivity contribution in [2.24, 2.45) is 0 Å². The summed E-state index contributed by atoms with van der Waals surface area (Å²) in [5, 5.41) is 14.2. The van der Waals surface area contributed by atoms with Gasteiger partial charge in [0.1, 0.15) is 18.3 Å². The fourth-order valence-corrected chi connectivity index (χ4v) is 3.27. The standard InChI is InChI=1S/C17H23NO5/c1-20-17-13(18-11-7-8-11)14(19)15-12(22-17)9-21-16(23-15)10-5-3-2-4-6-10/h2-6,11-19H,7-9H2,1H3/t12-,13-,14+,15-,16-,17+/m1/s1. The summed E-state index contributed by atoms with van der Waals surface area (Å²) in [5.74, 6) is 0. The number of benzene rings is 1. The third-order valence-corrected chi connectivity index (χ3v) is 4.68. The van der Waals surface area contributed by atoms with Gasteiger partial charge in [-0.2, -0.15) is 0 Å². The van der Waals surface area contributed by atoms with E-state index in [0.29, 0.717) is 12.6 Å². The molecule has 2 aliphatic heterocycles. The van der Waals surface area contributed by atoms with Gasteiger partial charge >= 0.3 is 0 Å². The average Bonchev–Trinajstić information content (AvgIpc) is 3.42. The third kappa shape index (κ3) is 3.15. The number of ether oxygens (including phenoxy) is 4. The van der Waals surface area contributed by atoms with Gasteiger partial charge in [0.15, 0.2) is 12.6 Å². The zero-order chi connectivity index (χ0) is 15.8. The SMILES string of the molecule is CO[C@H]1O[C@@H]2CO[C@@H](c3ccccc3)O[C@H]2[C@@H](O)[C@H]1NC1CC1. The number of methoxy groups -OCH3 is 1. The Bertz CT molecular complexity index is 523. The molecule has 1 aromatic rings. The van der Waals surface area contributed by atoms with Gasteiger partial charge in [0.25, 0.3) is 0 Å². The Morgan fingerprint density at radius 1 is 1.17 bits per heavy atom. The van der Waals surface area contributed by atoms with Crippen molar-refractivity contribution < 1.29 is 24.1 Å². The van der Waals surface area contributed by atoms with Crippen molar-refractivity contribution in [2.45, 2.75) is 55.8 Å². The molecule has 0 spiro atoms. The highest BCUT2D eigenvalue weighted by molar-refractivity contribution is 5.16. The Labute approximate surface area is 135 Å². The topological polar surface area (TPSA) is 69.2 Å². The average molecular weight is 321 g/mol. The molecule has 0 amide bonds. The minimum Gasteiger partial charge on any atom is -0.388 e. The first kappa shape index (κ1) is 15.5. The lowest BCUT2D eigenvalue weighted by atomic mass is 9.95. The minimum absolute atomic E-state index is 0.289. The highest BCUT2D eigenvalue weighted by Crippen LogP contribution is 2.35. The van der Waals surface area contributed by atoms with E-state index in [1.165, 1.54) is 0 Å². The van der Waals surface area contributed by atoms with Crippen LogP contribution in [0, 0.1) is 0 Å². The van der Waals surface area contributed by atoms with Crippen molar-refractivity contribution in [1.82, 2.24) is 5.32 Å². The summed E-state index contributed by atoms with van der Waals surface area (Å²) in [7, 11) is 1.59. The highest BCUT2D eigenvalue weighted by Gasteiger charge is 2.50. The molecule has 0 unspecified atom stereocenters. The molecule has 126 valence electrons. The number of aliphatic hydroxyl groups excluding tert-OH is 1. The van der Waals surface area contributed by atoms with E-state index >= 15 is 0 Å². The monoisotopic (exact) mass is 321 g/mol. The largest absolute Gasteiger partial charge is 0.388 e. The minimum atomic E-state index is -0.700. The predicted octanol–water partition coefficient (Wildman–Crippen LogP) is 0.953. The molecule has 0 radical (unpaired) electrons. The van der Waals surface area contributed by atoms with Crippen LogP contribution in [0.3, 0.4) is 0 Å². The van der Waals surface area contributed by atoms with Crippen LogP contribution < -0.4 is 5.32 Å². The van der Waals surface area contributed by atoms with Gasteiger partial charge in [-0.3, -0.25) is 0 Å². The lowest BCUT2D eigenvalue weighted by Gasteiger charge is -2.47. The molecule has 3 fully saturated rings. The van der Waals surface area contributed by atoms with Gasteiger partial charge in [0.2, 0.25) is 0 Å². The molecular formula is C17H23NO5. The van der Waals surface area contributed by atoms with Crippen LogP contribution in [0.25, 0.3) is 0 Å². The van der Waals surface area contributed by atoms with Crippen LogP contribution in [-0.4, -0.2) is 55.5 Å². The van der Waals surface area contributed by atoms with Crippen molar-refractivity contribution in [3.8, 4) is 0 Å². The number of hydrogen-bond acceptors (Lipinski definition) is 6. The van der Waals surface area contributed by atoms with Crippen LogP contribution in [0.15, 0.2) is 30.3 Å². The maximum Gasteiger partial charge on any atom is 0.184 e. The molecular weight excluding hydrogens is 298 g/mol. The molecule has 0 aromatic heterocycles. The smallest absolute Gasteiger partial charge is 0.184 e. The van der Waals surface area contributed by atoms with E-state index in [2.05, 4.69) is 5.32 Å². The van der Waals surface area contributed by atoms with Crippen LogP contribution in [0.2, 0.25) is 0 Å². The molecule has 6 heteroatoms. The second-order valence-corrected chi connectivity index (χ2v) is 6.41. The zero-order valence-corrected chi connectivity index (χ0v) is 13.1. The molecule has 0 bridgehead atoms. The van der Waals surface area contributed by atoms with Crippen molar-refractivity contribution in [3.05, 3.63) is 35.9 Å². The number of rotatable bonds is 4. The van der Waals surface area contributed by atoms with Gasteiger partial charge < -0.3 is 29.4 Å². The van der Waals surface area contributed by atoms with Crippen LogP contribution in [-0.2, 0) is 18.9 Å². The van der Waals surface area contributed by atoms with E-state index in [9.17, 15) is 5.11 Å². The van der Waals surface area contributed by atoms with Crippen molar-refractivity contribution in [3.63, 3.8) is 0 Å². The highest BCUT2D eigenvalue weighted by atomic mass is 16.7. The summed E-state index contributed by atoms with van der Waals surface area (Å²) in [4.78, 5) is 0. The molecule has 2 N–H and O–H groups in total. The van der Waals surface area contributed by atoms with Gasteiger partial charge in [-0.25, -0.2) is 0 Å². The predicted molar refractivity (Wildman–Crippen MR) is 81.6 cm³/mol. The quantitative estimate of drug-likeness (QED) is 0.861. The first-order valence-electron chi connectivity index (χ1n) is 8.20. The van der Waals surface area contributed by atoms with E-state index in [1.54, 1.807) is 7.11 Å². The van der Waals surface area contributed by atoms with Crippen LogP contribution in [0.4, 0.5) is 0 Å². The number of hydrogen-bond donors (Lipinski definition) is 2. The van der Waals surface area contributed by atoms with Crippen molar-refractivity contribution in [1.29, 1.82) is 0 Å². The molecule has 6 nitrogen and oxygen atoms in total. The second kappa shape index (κ2) is 6.47. The van der Waals surface area contributed by atoms with Crippen molar-refractivity contribution in [2.75, 3.05) is 13.7 Å². The number of fused-ring (bicyclic) bond motifs is 1. The van der Waals surface area contributed by atoms with Crippen LogP contribution in [0.1, 0.15) is 24.7 Å². The Hall–Kier alpha value is -1.02. The van der Waals surface area contributed by atoms with Gasteiger partial charge in [-0.15, -0.1) is 0 Å². The van der Waals surface area contributed by atoms with Gasteiger partial charge in [0, 0.05) is 18.7 Å². The molecule has 2 saturated heterocycles. The number of nitrogens with one attached hydrogen (secondary N) is 1. The summed E-state index contributed by atoms with van der Waals surface area (Å²) in [6.45, 7) is 0.372. The maximum atomic E-state index is 10.8. The van der Waals surface area contributed by atoms with Crippen LogP contribution >= 0.6 is 0 Å². The summed E-state index contributed by atoms with van der Waals surface area (Å²) in [6, 6.07) is 9.91. The Balaban J connectivity index is 1.49. The molecule has 1 saturated carbocycles. The van der Waals surface area contributed by atoms with E-state index in [4.69, 9.17) is 18.9 Å². The van der Waals surface area contributed by atoms with Gasteiger partial charge in [-0.05, 0) is 12.8 Å². The van der Waals surface area contributed by atoms with E-state index < -0.39 is 24.8 Å². The lowest BCUT2D eigenvalue weighted by molar-refractivity contribution is -0.341. The Morgan fingerprint density at radius 2 is 1.96 bits per heavy atom.